The molecule has 8 aliphatic rings. The number of piperidine rings is 6. The zero-order valence-electron chi connectivity index (χ0n) is 36.2. The molecule has 0 N–H and O–H groups in total. The third-order valence-corrected chi connectivity index (χ3v) is 16.6. The second-order valence-corrected chi connectivity index (χ2v) is 20.8. The van der Waals surface area contributed by atoms with E-state index in [1.807, 2.05) is 0 Å². The molecule has 8 saturated heterocycles. The second kappa shape index (κ2) is 19.1. The highest BCUT2D eigenvalue weighted by Gasteiger charge is 2.40. The van der Waals surface area contributed by atoms with Crippen LogP contribution in [0.25, 0.3) is 0 Å². The topological polar surface area (TPSA) is 22.2 Å². The van der Waals surface area contributed by atoms with Gasteiger partial charge in [-0.05, 0) is 165 Å². The van der Waals surface area contributed by atoms with E-state index in [2.05, 4.69) is 103 Å². The maximum atomic E-state index is 5.59. The molecular formula is C46H88N4O. The van der Waals surface area contributed by atoms with E-state index in [1.54, 1.807) is 0 Å². The Morgan fingerprint density at radius 3 is 0.804 bits per heavy atom. The fraction of sp³-hybridized carbons (Fsp3) is 1.00. The number of likely N-dealkylation sites (N-methyl/N-ethyl adjacent to an activating group) is 1. The summed E-state index contributed by atoms with van der Waals surface area (Å²) in [6.07, 6.45) is 23.2. The van der Waals surface area contributed by atoms with Crippen molar-refractivity contribution in [1.29, 1.82) is 0 Å². The Balaban J connectivity index is 0.000000132. The summed E-state index contributed by atoms with van der Waals surface area (Å²) in [4.78, 5) is 10.5. The van der Waals surface area contributed by atoms with E-state index in [0.29, 0.717) is 12.1 Å². The summed E-state index contributed by atoms with van der Waals surface area (Å²) in [5, 5.41) is 0. The van der Waals surface area contributed by atoms with Gasteiger partial charge in [-0.3, -0.25) is 4.90 Å². The van der Waals surface area contributed by atoms with Crippen molar-refractivity contribution in [3.05, 3.63) is 0 Å². The van der Waals surface area contributed by atoms with Crippen molar-refractivity contribution in [2.45, 2.75) is 206 Å². The van der Waals surface area contributed by atoms with E-state index >= 15 is 0 Å². The van der Waals surface area contributed by atoms with Crippen molar-refractivity contribution in [1.82, 2.24) is 19.6 Å². The summed E-state index contributed by atoms with van der Waals surface area (Å²) >= 11 is 0. The average Bonchev–Trinajstić information content (AvgIpc) is 3.23. The van der Waals surface area contributed by atoms with Crippen LogP contribution >= 0.6 is 0 Å². The molecule has 0 amide bonds. The van der Waals surface area contributed by atoms with Crippen molar-refractivity contribution in [2.24, 2.45) is 47.3 Å². The normalized spacial score (nSPS) is 41.4. The number of hydrogen-bond donors (Lipinski definition) is 0. The fourth-order valence-electron chi connectivity index (χ4n) is 12.1. The number of ether oxygens (including phenoxy) is 1. The molecule has 8 bridgehead atoms. The standard InChI is InChI=1S/2C12H23N.C11H21NO.C11H21N/c2*1-9(2)10-7-11-5-4-6-12(8-10)13(11)3;1-8(2)9-4-10-6-13-7-11(5-9)12(10)3;1-8(2)9-6-10-4-5-11(7-9)12(10)3/h2*9-12H,4-8H2,1-3H3;8-11H,4-7H2,1-3H3;8-11H,4-7H2,1-3H3/t2*10?,11-,12+;2*9?,10-,11+. The predicted molar refractivity (Wildman–Crippen MR) is 219 cm³/mol. The van der Waals surface area contributed by atoms with Gasteiger partial charge in [-0.2, -0.15) is 0 Å². The number of morpholine rings is 1. The summed E-state index contributed by atoms with van der Waals surface area (Å²) in [7, 11) is 9.25. The molecular weight excluding hydrogens is 625 g/mol. The lowest BCUT2D eigenvalue weighted by Gasteiger charge is -2.48. The van der Waals surface area contributed by atoms with Crippen LogP contribution in [0.4, 0.5) is 0 Å². The van der Waals surface area contributed by atoms with Crippen molar-refractivity contribution in [2.75, 3.05) is 41.4 Å². The summed E-state index contributed by atoms with van der Waals surface area (Å²) in [6, 6.07) is 6.91. The fourth-order valence-corrected chi connectivity index (χ4v) is 12.1. The summed E-state index contributed by atoms with van der Waals surface area (Å²) in [5.41, 5.74) is 0. The van der Waals surface area contributed by atoms with E-state index in [0.717, 1.165) is 96.8 Å². The number of fused-ring (bicyclic) bond motifs is 8. The van der Waals surface area contributed by atoms with Gasteiger partial charge in [0.15, 0.2) is 0 Å². The molecule has 298 valence electrons. The van der Waals surface area contributed by atoms with Gasteiger partial charge in [-0.15, -0.1) is 0 Å². The molecule has 0 aromatic carbocycles. The molecule has 5 nitrogen and oxygen atoms in total. The third-order valence-electron chi connectivity index (χ3n) is 16.6. The molecule has 51 heavy (non-hydrogen) atoms. The largest absolute Gasteiger partial charge is 0.378 e. The van der Waals surface area contributed by atoms with Crippen molar-refractivity contribution in [3.8, 4) is 0 Å². The first-order chi connectivity index (χ1) is 24.2. The predicted octanol–water partition coefficient (Wildman–Crippen LogP) is 10.1. The quantitative estimate of drug-likeness (QED) is 0.289. The monoisotopic (exact) mass is 713 g/mol. The molecule has 0 radical (unpaired) electrons. The van der Waals surface area contributed by atoms with Gasteiger partial charge in [-0.25, -0.2) is 0 Å². The van der Waals surface area contributed by atoms with Crippen LogP contribution in [-0.2, 0) is 4.74 Å². The molecule has 0 aromatic rings. The van der Waals surface area contributed by atoms with Gasteiger partial charge in [0, 0.05) is 48.3 Å². The maximum Gasteiger partial charge on any atom is 0.0622 e. The Hall–Kier alpha value is -0.200. The van der Waals surface area contributed by atoms with E-state index in [-0.39, 0.29) is 0 Å². The third kappa shape index (κ3) is 10.8. The molecule has 8 aliphatic heterocycles. The molecule has 0 spiro atoms. The highest BCUT2D eigenvalue weighted by Crippen LogP contribution is 2.41. The lowest BCUT2D eigenvalue weighted by atomic mass is 9.74. The lowest BCUT2D eigenvalue weighted by Crippen LogP contribution is -2.55. The van der Waals surface area contributed by atoms with Crippen LogP contribution in [-0.4, -0.2) is 109 Å². The first-order valence-electron chi connectivity index (χ1n) is 22.7. The van der Waals surface area contributed by atoms with E-state index in [9.17, 15) is 0 Å². The Kier molecular flexibility index (Phi) is 15.7. The molecule has 5 heteroatoms. The van der Waals surface area contributed by atoms with Gasteiger partial charge >= 0.3 is 0 Å². The van der Waals surface area contributed by atoms with E-state index in [1.165, 1.54) is 103 Å². The number of nitrogens with zero attached hydrogens (tertiary/aromatic N) is 4. The van der Waals surface area contributed by atoms with Crippen LogP contribution in [0.5, 0.6) is 0 Å². The summed E-state index contributed by atoms with van der Waals surface area (Å²) < 4.78 is 5.59. The molecule has 8 rings (SSSR count). The van der Waals surface area contributed by atoms with Crippen LogP contribution in [0.1, 0.15) is 158 Å². The van der Waals surface area contributed by atoms with Gasteiger partial charge in [0.2, 0.25) is 0 Å². The molecule has 0 aliphatic carbocycles. The van der Waals surface area contributed by atoms with Crippen LogP contribution in [0.15, 0.2) is 0 Å². The minimum atomic E-state index is 0.694. The van der Waals surface area contributed by atoms with Crippen LogP contribution in [0.3, 0.4) is 0 Å². The molecule has 0 saturated carbocycles. The number of hydrogen-bond acceptors (Lipinski definition) is 5. The molecule has 8 heterocycles. The van der Waals surface area contributed by atoms with Gasteiger partial charge in [0.25, 0.3) is 0 Å². The molecule has 4 unspecified atom stereocenters. The van der Waals surface area contributed by atoms with Crippen LogP contribution in [0, 0.1) is 47.3 Å². The highest BCUT2D eigenvalue weighted by molar-refractivity contribution is 4.95. The zero-order chi connectivity index (χ0) is 37.0. The molecule has 0 aromatic heterocycles. The second-order valence-electron chi connectivity index (χ2n) is 20.8. The van der Waals surface area contributed by atoms with Gasteiger partial charge in [-0.1, -0.05) is 68.2 Å². The van der Waals surface area contributed by atoms with Crippen LogP contribution < -0.4 is 0 Å². The SMILES string of the molecule is CC(C)C1C[C@H]2CCC[C@@H](C1)N2C.CC(C)C1C[C@H]2CCC[C@@H](C1)N2C.CC(C)C1C[C@H]2CC[C@@H](C1)N2C.CC(C)C1C[C@H]2COC[C@@H](C1)N2C. The van der Waals surface area contributed by atoms with E-state index < -0.39 is 0 Å². The summed E-state index contributed by atoms with van der Waals surface area (Å²) in [5.74, 6) is 7.50. The Labute approximate surface area is 318 Å². The average molecular weight is 713 g/mol. The lowest BCUT2D eigenvalue weighted by molar-refractivity contribution is -0.0803. The first kappa shape index (κ1) is 42.0. The zero-order valence-corrected chi connectivity index (χ0v) is 36.2. The van der Waals surface area contributed by atoms with Gasteiger partial charge in [0.1, 0.15) is 0 Å². The minimum Gasteiger partial charge on any atom is -0.378 e. The van der Waals surface area contributed by atoms with Gasteiger partial charge in [0.05, 0.1) is 13.2 Å². The van der Waals surface area contributed by atoms with E-state index in [4.69, 9.17) is 4.74 Å². The van der Waals surface area contributed by atoms with Gasteiger partial charge < -0.3 is 19.4 Å². The van der Waals surface area contributed by atoms with Crippen molar-refractivity contribution >= 4 is 0 Å². The molecule has 12 atom stereocenters. The first-order valence-corrected chi connectivity index (χ1v) is 22.7. The van der Waals surface area contributed by atoms with Crippen LogP contribution in [0.2, 0.25) is 0 Å². The molecule has 8 fully saturated rings. The Morgan fingerprint density at radius 2 is 0.549 bits per heavy atom. The Morgan fingerprint density at radius 1 is 0.333 bits per heavy atom. The maximum absolute atomic E-state index is 5.59. The number of rotatable bonds is 4. The smallest absolute Gasteiger partial charge is 0.0622 e. The van der Waals surface area contributed by atoms with Crippen molar-refractivity contribution in [3.63, 3.8) is 0 Å². The van der Waals surface area contributed by atoms with Crippen molar-refractivity contribution < 1.29 is 4.74 Å². The Bertz CT molecular complexity index is 864. The summed E-state index contributed by atoms with van der Waals surface area (Å²) in [6.45, 7) is 21.0. The highest BCUT2D eigenvalue weighted by atomic mass is 16.5. The minimum absolute atomic E-state index is 0.694.